The van der Waals surface area contributed by atoms with Crippen LogP contribution in [0.15, 0.2) is 54.6 Å². The van der Waals surface area contributed by atoms with Crippen LogP contribution in [0.2, 0.25) is 0 Å². The molecule has 4 nitrogen and oxygen atoms in total. The lowest BCUT2D eigenvalue weighted by Gasteiger charge is -2.29. The van der Waals surface area contributed by atoms with Crippen molar-refractivity contribution < 1.29 is 18.8 Å². The molecule has 0 saturated heterocycles. The van der Waals surface area contributed by atoms with Crippen LogP contribution >= 0.6 is 0 Å². The van der Waals surface area contributed by atoms with Crippen LogP contribution in [0.25, 0.3) is 0 Å². The molecule has 1 unspecified atom stereocenters. The molecule has 0 aromatic heterocycles. The predicted octanol–water partition coefficient (Wildman–Crippen LogP) is 7.30. The zero-order valence-corrected chi connectivity index (χ0v) is 21.9. The van der Waals surface area contributed by atoms with Crippen molar-refractivity contribution in [1.29, 1.82) is 0 Å². The number of aryl methyl sites for hydroxylation is 1. The summed E-state index contributed by atoms with van der Waals surface area (Å²) in [4.78, 5) is 12.5. The number of esters is 1. The fraction of sp³-hybridized carbons (Fsp3) is 0.567. The Morgan fingerprint density at radius 2 is 1.44 bits per heavy atom. The number of hydrogen-bond donors (Lipinski definition) is 0. The zero-order valence-electron chi connectivity index (χ0n) is 21.9. The first-order valence-electron chi connectivity index (χ1n) is 13.2. The lowest BCUT2D eigenvalue weighted by Crippen LogP contribution is -2.44. The molecule has 0 aliphatic rings. The number of ether oxygens (including phenoxy) is 2. The summed E-state index contributed by atoms with van der Waals surface area (Å²) >= 11 is 0. The Hall–Kier alpha value is -2.33. The Morgan fingerprint density at radius 1 is 0.824 bits per heavy atom. The minimum Gasteiger partial charge on any atom is -0.455 e. The molecule has 34 heavy (non-hydrogen) atoms. The lowest BCUT2D eigenvalue weighted by atomic mass is 10.0. The Labute approximate surface area is 207 Å². The van der Waals surface area contributed by atoms with E-state index in [0.29, 0.717) is 11.0 Å². The van der Waals surface area contributed by atoms with Crippen molar-refractivity contribution in [2.75, 3.05) is 20.6 Å². The van der Waals surface area contributed by atoms with Gasteiger partial charge in [-0.3, -0.25) is 0 Å². The van der Waals surface area contributed by atoms with Gasteiger partial charge in [0.05, 0.1) is 14.1 Å². The Morgan fingerprint density at radius 3 is 2.12 bits per heavy atom. The first kappa shape index (κ1) is 27.9. The van der Waals surface area contributed by atoms with Gasteiger partial charge in [0.15, 0.2) is 6.54 Å². The maximum absolute atomic E-state index is 12.5. The third-order valence-corrected chi connectivity index (χ3v) is 6.08. The largest absolute Gasteiger partial charge is 0.455 e. The van der Waals surface area contributed by atoms with Gasteiger partial charge in [-0.25, -0.2) is 4.79 Å². The maximum Gasteiger partial charge on any atom is 0.364 e. The van der Waals surface area contributed by atoms with Gasteiger partial charge in [0, 0.05) is 12.5 Å². The standard InChI is InChI=1S/C30H46NO3/c1-5-6-7-8-9-10-11-12-14-18-27-21-17-22-29(23-27)33-26(2)34-30(32)25-31(3,4)24-28-19-15-13-16-20-28/h13,15-17,19-23,26H,5-12,14,18,24-25H2,1-4H3/q+1. The Bertz CT molecular complexity index is 819. The molecular formula is C30H46NO3+. The van der Waals surface area contributed by atoms with Gasteiger partial charge in [-0.1, -0.05) is 101 Å². The van der Waals surface area contributed by atoms with E-state index in [1.165, 1.54) is 68.9 Å². The van der Waals surface area contributed by atoms with E-state index in [2.05, 4.69) is 31.2 Å². The highest BCUT2D eigenvalue weighted by Crippen LogP contribution is 2.18. The van der Waals surface area contributed by atoms with Crippen molar-refractivity contribution in [3.05, 3.63) is 65.7 Å². The van der Waals surface area contributed by atoms with Gasteiger partial charge in [-0.2, -0.15) is 0 Å². The fourth-order valence-electron chi connectivity index (χ4n) is 4.34. The van der Waals surface area contributed by atoms with Crippen LogP contribution in [0.5, 0.6) is 5.75 Å². The molecular weight excluding hydrogens is 422 g/mol. The molecule has 0 saturated carbocycles. The van der Waals surface area contributed by atoms with Crippen LogP contribution < -0.4 is 4.74 Å². The summed E-state index contributed by atoms with van der Waals surface area (Å²) in [5.41, 5.74) is 2.48. The molecule has 2 rings (SSSR count). The third-order valence-electron chi connectivity index (χ3n) is 6.08. The van der Waals surface area contributed by atoms with Gasteiger partial charge in [0.2, 0.25) is 6.29 Å². The molecule has 0 fully saturated rings. The second-order valence-corrected chi connectivity index (χ2v) is 10.1. The van der Waals surface area contributed by atoms with Crippen molar-refractivity contribution >= 4 is 5.97 Å². The van der Waals surface area contributed by atoms with E-state index >= 15 is 0 Å². The molecule has 1 atom stereocenters. The van der Waals surface area contributed by atoms with Gasteiger partial charge < -0.3 is 14.0 Å². The van der Waals surface area contributed by atoms with Crippen LogP contribution in [0, 0.1) is 0 Å². The number of rotatable bonds is 17. The van der Waals surface area contributed by atoms with Crippen molar-refractivity contribution in [1.82, 2.24) is 0 Å². The van der Waals surface area contributed by atoms with Gasteiger partial charge in [0.1, 0.15) is 12.3 Å². The van der Waals surface area contributed by atoms with Crippen molar-refractivity contribution in [2.24, 2.45) is 0 Å². The van der Waals surface area contributed by atoms with Gasteiger partial charge in [0.25, 0.3) is 0 Å². The summed E-state index contributed by atoms with van der Waals surface area (Å²) in [5.74, 6) is 0.506. The second kappa shape index (κ2) is 15.5. The highest BCUT2D eigenvalue weighted by Gasteiger charge is 2.23. The van der Waals surface area contributed by atoms with E-state index in [4.69, 9.17) is 9.47 Å². The van der Waals surface area contributed by atoms with E-state index in [9.17, 15) is 4.79 Å². The Balaban J connectivity index is 1.67. The number of likely N-dealkylation sites (N-methyl/N-ethyl adjacent to an activating group) is 1. The monoisotopic (exact) mass is 468 g/mol. The SMILES string of the molecule is CCCCCCCCCCCc1cccc(OC(C)OC(=O)C[N+](C)(C)Cc2ccccc2)c1. The highest BCUT2D eigenvalue weighted by molar-refractivity contribution is 5.70. The average Bonchev–Trinajstić information content (AvgIpc) is 2.78. The third kappa shape index (κ3) is 12.2. The normalized spacial score (nSPS) is 12.4. The van der Waals surface area contributed by atoms with Crippen LogP contribution in [-0.4, -0.2) is 37.4 Å². The molecule has 0 bridgehead atoms. The van der Waals surface area contributed by atoms with Gasteiger partial charge >= 0.3 is 5.97 Å². The van der Waals surface area contributed by atoms with Crippen molar-refractivity contribution in [2.45, 2.75) is 90.9 Å². The van der Waals surface area contributed by atoms with E-state index in [1.54, 1.807) is 6.92 Å². The maximum atomic E-state index is 12.5. The van der Waals surface area contributed by atoms with Crippen LogP contribution in [-0.2, 0) is 22.5 Å². The van der Waals surface area contributed by atoms with E-state index in [0.717, 1.165) is 18.7 Å². The topological polar surface area (TPSA) is 35.5 Å². The number of carbonyl (C=O) groups excluding carboxylic acids is 1. The van der Waals surface area contributed by atoms with E-state index in [-0.39, 0.29) is 5.97 Å². The minimum atomic E-state index is -0.618. The second-order valence-electron chi connectivity index (χ2n) is 10.1. The van der Waals surface area contributed by atoms with Gasteiger partial charge in [-0.15, -0.1) is 0 Å². The molecule has 0 heterocycles. The quantitative estimate of drug-likeness (QED) is 0.106. The molecule has 0 aliphatic carbocycles. The molecule has 2 aromatic rings. The minimum absolute atomic E-state index is 0.251. The van der Waals surface area contributed by atoms with Gasteiger partial charge in [-0.05, 0) is 30.5 Å². The Kier molecular flexibility index (Phi) is 12.8. The summed E-state index contributed by atoms with van der Waals surface area (Å²) in [6.45, 7) is 5.11. The molecule has 4 heteroatoms. The summed E-state index contributed by atoms with van der Waals surface area (Å²) in [6, 6.07) is 18.4. The first-order chi connectivity index (χ1) is 16.4. The highest BCUT2D eigenvalue weighted by atomic mass is 16.7. The number of nitrogens with zero attached hydrogens (tertiary/aromatic N) is 1. The molecule has 0 spiro atoms. The number of hydrogen-bond acceptors (Lipinski definition) is 3. The molecule has 0 amide bonds. The zero-order chi connectivity index (χ0) is 24.7. The van der Waals surface area contributed by atoms with E-state index < -0.39 is 6.29 Å². The van der Waals surface area contributed by atoms with E-state index in [1.807, 2.05) is 44.4 Å². The molecule has 0 radical (unpaired) electrons. The van der Waals surface area contributed by atoms with Crippen molar-refractivity contribution in [3.63, 3.8) is 0 Å². The first-order valence-corrected chi connectivity index (χ1v) is 13.2. The molecule has 0 aliphatic heterocycles. The summed E-state index contributed by atoms with van der Waals surface area (Å²) in [5, 5.41) is 0. The predicted molar refractivity (Wildman–Crippen MR) is 141 cm³/mol. The number of quaternary nitrogens is 1. The number of carbonyl (C=O) groups is 1. The average molecular weight is 469 g/mol. The number of benzene rings is 2. The summed E-state index contributed by atoms with van der Waals surface area (Å²) in [7, 11) is 4.07. The molecule has 188 valence electrons. The van der Waals surface area contributed by atoms with Crippen molar-refractivity contribution in [3.8, 4) is 5.75 Å². The summed E-state index contributed by atoms with van der Waals surface area (Å²) in [6.07, 6.45) is 12.5. The molecule has 2 aromatic carbocycles. The van der Waals surface area contributed by atoms with Crippen LogP contribution in [0.1, 0.15) is 82.8 Å². The van der Waals surface area contributed by atoms with Crippen LogP contribution in [0.3, 0.4) is 0 Å². The smallest absolute Gasteiger partial charge is 0.364 e. The fourth-order valence-corrected chi connectivity index (χ4v) is 4.34. The number of unbranched alkanes of at least 4 members (excludes halogenated alkanes) is 8. The van der Waals surface area contributed by atoms with Crippen LogP contribution in [0.4, 0.5) is 0 Å². The lowest BCUT2D eigenvalue weighted by molar-refractivity contribution is -0.896. The molecule has 0 N–H and O–H groups in total. The summed E-state index contributed by atoms with van der Waals surface area (Å²) < 4.78 is 12.0.